The van der Waals surface area contributed by atoms with Gasteiger partial charge in [0, 0.05) is 13.1 Å². The first-order chi connectivity index (χ1) is 8.49. The average Bonchev–Trinajstić information content (AvgIpc) is 2.37. The van der Waals surface area contributed by atoms with E-state index in [4.69, 9.17) is 5.73 Å². The van der Waals surface area contributed by atoms with Gasteiger partial charge < -0.3 is 10.6 Å². The molecule has 0 bridgehead atoms. The third kappa shape index (κ3) is 3.38. The quantitative estimate of drug-likeness (QED) is 0.837. The van der Waals surface area contributed by atoms with Crippen molar-refractivity contribution in [1.82, 2.24) is 4.90 Å². The summed E-state index contributed by atoms with van der Waals surface area (Å²) in [6.07, 6.45) is 2.93. The van der Waals surface area contributed by atoms with Gasteiger partial charge in [0.2, 0.25) is 0 Å². The van der Waals surface area contributed by atoms with E-state index in [1.54, 1.807) is 29.8 Å². The molecular formula is C13H19FN2OS. The number of nitrogens with zero attached hydrogens (tertiary/aromatic N) is 1. The maximum Gasteiger partial charge on any atom is 0.256 e. The predicted octanol–water partition coefficient (Wildman–Crippen LogP) is 2.62. The monoisotopic (exact) mass is 270 g/mol. The van der Waals surface area contributed by atoms with Crippen molar-refractivity contribution in [3.8, 4) is 0 Å². The summed E-state index contributed by atoms with van der Waals surface area (Å²) in [6.45, 7) is 1.98. The highest BCUT2D eigenvalue weighted by Gasteiger charge is 2.20. The average molecular weight is 270 g/mol. The molecule has 100 valence electrons. The van der Waals surface area contributed by atoms with E-state index in [9.17, 15) is 9.18 Å². The minimum Gasteiger partial charge on any atom is -0.396 e. The lowest BCUT2D eigenvalue weighted by Gasteiger charge is -2.25. The highest BCUT2D eigenvalue weighted by molar-refractivity contribution is 7.98. The summed E-state index contributed by atoms with van der Waals surface area (Å²) in [5.74, 6) is 0.198. The number of rotatable bonds is 5. The van der Waals surface area contributed by atoms with Crippen molar-refractivity contribution in [2.75, 3.05) is 24.8 Å². The van der Waals surface area contributed by atoms with Crippen LogP contribution in [0.2, 0.25) is 0 Å². The van der Waals surface area contributed by atoms with Crippen LogP contribution < -0.4 is 5.73 Å². The summed E-state index contributed by atoms with van der Waals surface area (Å²) in [7, 11) is 1.72. The normalized spacial score (nSPS) is 12.2. The molecule has 5 heteroatoms. The number of nitrogen functional groups attached to an aromatic ring is 1. The SMILES string of the molecule is CSCCC(C)N(C)C(=O)c1cccc(F)c1N. The number of para-hydroxylation sites is 1. The number of thioether (sulfide) groups is 1. The van der Waals surface area contributed by atoms with Crippen molar-refractivity contribution in [3.05, 3.63) is 29.6 Å². The highest BCUT2D eigenvalue weighted by atomic mass is 32.2. The molecule has 1 unspecified atom stereocenters. The molecule has 0 radical (unpaired) electrons. The van der Waals surface area contributed by atoms with Gasteiger partial charge in [0.15, 0.2) is 0 Å². The summed E-state index contributed by atoms with van der Waals surface area (Å²) < 4.78 is 13.3. The minimum absolute atomic E-state index is 0.0774. The topological polar surface area (TPSA) is 46.3 Å². The summed E-state index contributed by atoms with van der Waals surface area (Å²) in [5.41, 5.74) is 5.75. The van der Waals surface area contributed by atoms with Gasteiger partial charge in [-0.25, -0.2) is 4.39 Å². The van der Waals surface area contributed by atoms with E-state index in [2.05, 4.69) is 0 Å². The Hall–Kier alpha value is -1.23. The number of nitrogens with two attached hydrogens (primary N) is 1. The van der Waals surface area contributed by atoms with Crippen LogP contribution in [0.5, 0.6) is 0 Å². The van der Waals surface area contributed by atoms with E-state index < -0.39 is 5.82 Å². The lowest BCUT2D eigenvalue weighted by atomic mass is 10.1. The van der Waals surface area contributed by atoms with Gasteiger partial charge in [-0.2, -0.15) is 11.8 Å². The second kappa shape index (κ2) is 6.64. The number of hydrogen-bond donors (Lipinski definition) is 1. The Labute approximate surface area is 112 Å². The fourth-order valence-electron chi connectivity index (χ4n) is 1.60. The summed E-state index contributed by atoms with van der Waals surface area (Å²) in [6, 6.07) is 4.41. The van der Waals surface area contributed by atoms with E-state index in [0.29, 0.717) is 0 Å². The van der Waals surface area contributed by atoms with Gasteiger partial charge in [-0.3, -0.25) is 4.79 Å². The minimum atomic E-state index is -0.550. The molecule has 0 aromatic heterocycles. The molecule has 1 amide bonds. The van der Waals surface area contributed by atoms with E-state index in [-0.39, 0.29) is 23.2 Å². The molecule has 1 aromatic carbocycles. The maximum absolute atomic E-state index is 13.3. The number of benzene rings is 1. The van der Waals surface area contributed by atoms with Crippen LogP contribution in [0.1, 0.15) is 23.7 Å². The Morgan fingerprint density at radius 3 is 2.83 bits per heavy atom. The molecule has 3 nitrogen and oxygen atoms in total. The van der Waals surface area contributed by atoms with Crippen LogP contribution >= 0.6 is 11.8 Å². The molecular weight excluding hydrogens is 251 g/mol. The molecule has 0 heterocycles. The van der Waals surface area contributed by atoms with Crippen molar-refractivity contribution < 1.29 is 9.18 Å². The first-order valence-electron chi connectivity index (χ1n) is 5.79. The number of anilines is 1. The van der Waals surface area contributed by atoms with Crippen molar-refractivity contribution >= 4 is 23.4 Å². The number of halogens is 1. The van der Waals surface area contributed by atoms with Crippen molar-refractivity contribution in [2.24, 2.45) is 0 Å². The van der Waals surface area contributed by atoms with Gasteiger partial charge in [0.25, 0.3) is 5.91 Å². The fraction of sp³-hybridized carbons (Fsp3) is 0.462. The van der Waals surface area contributed by atoms with Crippen LogP contribution in [-0.2, 0) is 0 Å². The third-order valence-corrected chi connectivity index (χ3v) is 3.65. The molecule has 1 rings (SSSR count). The predicted molar refractivity (Wildman–Crippen MR) is 75.4 cm³/mol. The molecule has 2 N–H and O–H groups in total. The fourth-order valence-corrected chi connectivity index (χ4v) is 2.17. The molecule has 0 aliphatic heterocycles. The van der Waals surface area contributed by atoms with Crippen LogP contribution in [0.25, 0.3) is 0 Å². The van der Waals surface area contributed by atoms with E-state index in [1.807, 2.05) is 13.2 Å². The first-order valence-corrected chi connectivity index (χ1v) is 7.18. The Bertz CT molecular complexity index is 425. The first kappa shape index (κ1) is 14.8. The maximum atomic E-state index is 13.3. The molecule has 1 aromatic rings. The molecule has 0 aliphatic carbocycles. The second-order valence-corrected chi connectivity index (χ2v) is 5.23. The summed E-state index contributed by atoms with van der Waals surface area (Å²) >= 11 is 1.74. The number of amides is 1. The Morgan fingerprint density at radius 2 is 2.22 bits per heavy atom. The Kier molecular flexibility index (Phi) is 5.47. The Morgan fingerprint density at radius 1 is 1.56 bits per heavy atom. The standard InChI is InChI=1S/C13H19FN2OS/c1-9(7-8-18-3)16(2)13(17)10-5-4-6-11(14)12(10)15/h4-6,9H,7-8,15H2,1-3H3. The number of hydrogen-bond acceptors (Lipinski definition) is 3. The van der Waals surface area contributed by atoms with Gasteiger partial charge in [0.05, 0.1) is 11.3 Å². The third-order valence-electron chi connectivity index (χ3n) is 3.00. The summed E-state index contributed by atoms with van der Waals surface area (Å²) in [5, 5.41) is 0. The van der Waals surface area contributed by atoms with Crippen LogP contribution in [0.3, 0.4) is 0 Å². The lowest BCUT2D eigenvalue weighted by molar-refractivity contribution is 0.0742. The molecule has 0 spiro atoms. The highest BCUT2D eigenvalue weighted by Crippen LogP contribution is 2.19. The zero-order valence-corrected chi connectivity index (χ0v) is 11.8. The molecule has 0 saturated carbocycles. The largest absolute Gasteiger partial charge is 0.396 e. The van der Waals surface area contributed by atoms with Crippen LogP contribution in [0.4, 0.5) is 10.1 Å². The molecule has 0 fully saturated rings. The van der Waals surface area contributed by atoms with E-state index in [1.165, 1.54) is 12.1 Å². The van der Waals surface area contributed by atoms with Crippen LogP contribution in [0, 0.1) is 5.82 Å². The zero-order valence-electron chi connectivity index (χ0n) is 10.9. The summed E-state index contributed by atoms with van der Waals surface area (Å²) in [4.78, 5) is 13.8. The lowest BCUT2D eigenvalue weighted by Crippen LogP contribution is -2.35. The van der Waals surface area contributed by atoms with Crippen LogP contribution in [0.15, 0.2) is 18.2 Å². The smallest absolute Gasteiger partial charge is 0.256 e. The van der Waals surface area contributed by atoms with Gasteiger partial charge in [-0.1, -0.05) is 6.07 Å². The van der Waals surface area contributed by atoms with E-state index >= 15 is 0 Å². The Balaban J connectivity index is 2.83. The molecule has 0 saturated heterocycles. The van der Waals surface area contributed by atoms with Gasteiger partial charge in [-0.05, 0) is 37.5 Å². The van der Waals surface area contributed by atoms with Gasteiger partial charge >= 0.3 is 0 Å². The molecule has 18 heavy (non-hydrogen) atoms. The molecule has 0 aliphatic rings. The zero-order chi connectivity index (χ0) is 13.7. The number of carbonyl (C=O) groups excluding carboxylic acids is 1. The van der Waals surface area contributed by atoms with Gasteiger partial charge in [0.1, 0.15) is 5.82 Å². The molecule has 1 atom stereocenters. The number of carbonyl (C=O) groups is 1. The van der Waals surface area contributed by atoms with E-state index in [0.717, 1.165) is 12.2 Å². The second-order valence-electron chi connectivity index (χ2n) is 4.25. The van der Waals surface area contributed by atoms with Crippen molar-refractivity contribution in [2.45, 2.75) is 19.4 Å². The van der Waals surface area contributed by atoms with Gasteiger partial charge in [-0.15, -0.1) is 0 Å². The van der Waals surface area contributed by atoms with Crippen LogP contribution in [-0.4, -0.2) is 35.9 Å². The van der Waals surface area contributed by atoms with Crippen molar-refractivity contribution in [3.63, 3.8) is 0 Å². The van der Waals surface area contributed by atoms with Crippen molar-refractivity contribution in [1.29, 1.82) is 0 Å².